The number of benzene rings is 1. The first kappa shape index (κ1) is 16.3. The normalized spacial score (nSPS) is 17.3. The highest BCUT2D eigenvalue weighted by atomic mass is 19.4. The van der Waals surface area contributed by atoms with E-state index in [4.69, 9.17) is 15.4 Å². The van der Waals surface area contributed by atoms with Crippen molar-refractivity contribution in [2.45, 2.75) is 37.0 Å². The third-order valence-electron chi connectivity index (χ3n) is 3.82. The Balaban J connectivity index is 1.78. The van der Waals surface area contributed by atoms with Crippen molar-refractivity contribution in [1.29, 1.82) is 5.26 Å². The first-order chi connectivity index (χ1) is 11.2. The molecule has 0 saturated heterocycles. The van der Waals surface area contributed by atoms with Crippen LogP contribution in [0, 0.1) is 11.3 Å². The fourth-order valence-electron chi connectivity index (χ4n) is 2.30. The summed E-state index contributed by atoms with van der Waals surface area (Å²) >= 11 is 0. The van der Waals surface area contributed by atoms with Gasteiger partial charge in [0.05, 0.1) is 12.1 Å². The molecule has 2 aromatic rings. The zero-order valence-corrected chi connectivity index (χ0v) is 12.4. The molecule has 1 unspecified atom stereocenters. The van der Waals surface area contributed by atoms with E-state index < -0.39 is 29.2 Å². The fraction of sp³-hybridized carbons (Fsp3) is 0.400. The number of hydrogen-bond acceptors (Lipinski definition) is 5. The van der Waals surface area contributed by atoms with Crippen LogP contribution in [0.5, 0.6) is 0 Å². The molecule has 0 aliphatic heterocycles. The average Bonchev–Trinajstić information content (AvgIpc) is 3.16. The lowest BCUT2D eigenvalue weighted by Crippen LogP contribution is -2.47. The molecule has 3 rings (SSSR count). The van der Waals surface area contributed by atoms with Gasteiger partial charge in [-0.15, -0.1) is 0 Å². The molecule has 9 heteroatoms. The Kier molecular flexibility index (Phi) is 3.72. The third-order valence-corrected chi connectivity index (χ3v) is 3.82. The average molecular weight is 338 g/mol. The molecule has 3 N–H and O–H groups in total. The zero-order chi connectivity index (χ0) is 17.5. The molecule has 1 saturated carbocycles. The SMILES string of the molecule is N#CC1(NC(=O)C(N)Cc2nc3cccc(C(F)(F)F)c3o2)CC1. The molecule has 1 heterocycles. The molecule has 1 aliphatic rings. The minimum atomic E-state index is -4.57. The summed E-state index contributed by atoms with van der Waals surface area (Å²) in [6.07, 6.45) is -3.63. The van der Waals surface area contributed by atoms with Gasteiger partial charge in [-0.2, -0.15) is 18.4 Å². The number of halogens is 3. The van der Waals surface area contributed by atoms with Crippen LogP contribution in [0.3, 0.4) is 0 Å². The van der Waals surface area contributed by atoms with Gasteiger partial charge in [0, 0.05) is 6.42 Å². The van der Waals surface area contributed by atoms with Crippen LogP contribution in [0.25, 0.3) is 11.1 Å². The lowest BCUT2D eigenvalue weighted by Gasteiger charge is -2.13. The van der Waals surface area contributed by atoms with Crippen LogP contribution in [0.2, 0.25) is 0 Å². The molecule has 0 radical (unpaired) electrons. The van der Waals surface area contributed by atoms with Crippen LogP contribution in [-0.2, 0) is 17.4 Å². The highest BCUT2D eigenvalue weighted by Crippen LogP contribution is 2.35. The molecule has 1 aromatic carbocycles. The fourth-order valence-corrected chi connectivity index (χ4v) is 2.30. The number of nitriles is 1. The van der Waals surface area contributed by atoms with Crippen molar-refractivity contribution in [1.82, 2.24) is 10.3 Å². The molecule has 1 atom stereocenters. The second-order valence-electron chi connectivity index (χ2n) is 5.75. The van der Waals surface area contributed by atoms with Gasteiger partial charge in [0.1, 0.15) is 16.6 Å². The van der Waals surface area contributed by atoms with E-state index in [-0.39, 0.29) is 23.4 Å². The summed E-state index contributed by atoms with van der Waals surface area (Å²) in [6, 6.07) is 4.44. The molecule has 24 heavy (non-hydrogen) atoms. The van der Waals surface area contributed by atoms with Gasteiger partial charge in [-0.1, -0.05) is 6.07 Å². The number of carbonyl (C=O) groups excluding carboxylic acids is 1. The van der Waals surface area contributed by atoms with Gasteiger partial charge in [-0.05, 0) is 25.0 Å². The first-order valence-corrected chi connectivity index (χ1v) is 7.19. The van der Waals surface area contributed by atoms with Crippen LogP contribution in [-0.4, -0.2) is 22.5 Å². The summed E-state index contributed by atoms with van der Waals surface area (Å²) in [4.78, 5) is 15.9. The maximum atomic E-state index is 12.9. The first-order valence-electron chi connectivity index (χ1n) is 7.19. The van der Waals surface area contributed by atoms with E-state index in [1.54, 1.807) is 0 Å². The maximum Gasteiger partial charge on any atom is 0.420 e. The van der Waals surface area contributed by atoms with Crippen molar-refractivity contribution in [3.05, 3.63) is 29.7 Å². The largest absolute Gasteiger partial charge is 0.440 e. The second kappa shape index (κ2) is 5.49. The summed E-state index contributed by atoms with van der Waals surface area (Å²) in [5.41, 5.74) is 3.61. The van der Waals surface area contributed by atoms with Gasteiger partial charge >= 0.3 is 6.18 Å². The highest BCUT2D eigenvalue weighted by Gasteiger charge is 2.45. The lowest BCUT2D eigenvalue weighted by atomic mass is 10.2. The van der Waals surface area contributed by atoms with E-state index in [2.05, 4.69) is 10.3 Å². The molecule has 0 spiro atoms. The Bertz CT molecular complexity index is 833. The van der Waals surface area contributed by atoms with Crippen LogP contribution in [0.1, 0.15) is 24.3 Å². The monoisotopic (exact) mass is 338 g/mol. The number of oxazole rings is 1. The topological polar surface area (TPSA) is 105 Å². The van der Waals surface area contributed by atoms with E-state index in [9.17, 15) is 18.0 Å². The van der Waals surface area contributed by atoms with Crippen molar-refractivity contribution in [3.63, 3.8) is 0 Å². The number of alkyl halides is 3. The van der Waals surface area contributed by atoms with Gasteiger partial charge in [-0.3, -0.25) is 4.79 Å². The van der Waals surface area contributed by atoms with E-state index in [0.717, 1.165) is 6.07 Å². The molecule has 1 amide bonds. The summed E-state index contributed by atoms with van der Waals surface area (Å²) in [7, 11) is 0. The van der Waals surface area contributed by atoms with Crippen molar-refractivity contribution in [3.8, 4) is 6.07 Å². The van der Waals surface area contributed by atoms with E-state index in [1.807, 2.05) is 6.07 Å². The number of para-hydroxylation sites is 1. The van der Waals surface area contributed by atoms with E-state index >= 15 is 0 Å². The number of hydrogen-bond donors (Lipinski definition) is 2. The van der Waals surface area contributed by atoms with Gasteiger partial charge in [-0.25, -0.2) is 4.98 Å². The molecule has 1 fully saturated rings. The predicted molar refractivity (Wildman–Crippen MR) is 76.4 cm³/mol. The Hall–Kier alpha value is -2.60. The lowest BCUT2D eigenvalue weighted by molar-refractivity contribution is -0.136. The van der Waals surface area contributed by atoms with Gasteiger partial charge < -0.3 is 15.5 Å². The quantitative estimate of drug-likeness (QED) is 0.886. The number of carbonyl (C=O) groups is 1. The molecule has 1 aliphatic carbocycles. The number of fused-ring (bicyclic) bond motifs is 1. The van der Waals surface area contributed by atoms with Crippen LogP contribution < -0.4 is 11.1 Å². The van der Waals surface area contributed by atoms with Gasteiger partial charge in [0.25, 0.3) is 0 Å². The molecule has 126 valence electrons. The second-order valence-corrected chi connectivity index (χ2v) is 5.75. The van der Waals surface area contributed by atoms with Crippen LogP contribution >= 0.6 is 0 Å². The predicted octanol–water partition coefficient (Wildman–Crippen LogP) is 1.89. The number of nitrogens with zero attached hydrogens (tertiary/aromatic N) is 2. The van der Waals surface area contributed by atoms with Crippen molar-refractivity contribution in [2.75, 3.05) is 0 Å². The third kappa shape index (κ3) is 3.05. The van der Waals surface area contributed by atoms with Crippen molar-refractivity contribution in [2.24, 2.45) is 5.73 Å². The van der Waals surface area contributed by atoms with Gasteiger partial charge in [0.15, 0.2) is 11.5 Å². The van der Waals surface area contributed by atoms with Crippen LogP contribution in [0.4, 0.5) is 13.2 Å². The minimum Gasteiger partial charge on any atom is -0.440 e. The molecule has 6 nitrogen and oxygen atoms in total. The number of amides is 1. The Morgan fingerprint density at radius 3 is 2.79 bits per heavy atom. The van der Waals surface area contributed by atoms with E-state index in [1.165, 1.54) is 12.1 Å². The maximum absolute atomic E-state index is 12.9. The standard InChI is InChI=1S/C15H13F3N4O2/c16-15(17,18)8-2-1-3-10-12(8)24-11(21-10)6-9(20)13(23)22-14(7-19)4-5-14/h1-3,9H,4-6,20H2,(H,22,23). The summed E-state index contributed by atoms with van der Waals surface area (Å²) in [5.74, 6) is -0.626. The zero-order valence-electron chi connectivity index (χ0n) is 12.4. The summed E-state index contributed by atoms with van der Waals surface area (Å²) in [6.45, 7) is 0. The number of nitrogens with one attached hydrogen (secondary N) is 1. The van der Waals surface area contributed by atoms with Crippen molar-refractivity contribution < 1.29 is 22.4 Å². The molecular formula is C15H13F3N4O2. The number of aromatic nitrogens is 1. The number of nitrogens with two attached hydrogens (primary N) is 1. The van der Waals surface area contributed by atoms with E-state index in [0.29, 0.717) is 12.8 Å². The Labute approximate surface area is 134 Å². The molecular weight excluding hydrogens is 325 g/mol. The Morgan fingerprint density at radius 1 is 1.50 bits per heavy atom. The summed E-state index contributed by atoms with van der Waals surface area (Å²) < 4.78 is 44.0. The number of rotatable bonds is 4. The molecule has 1 aromatic heterocycles. The summed E-state index contributed by atoms with van der Waals surface area (Å²) in [5, 5.41) is 11.5. The van der Waals surface area contributed by atoms with Gasteiger partial charge in [0.2, 0.25) is 5.91 Å². The molecule has 0 bridgehead atoms. The Morgan fingerprint density at radius 2 is 2.21 bits per heavy atom. The minimum absolute atomic E-state index is 0.0446. The van der Waals surface area contributed by atoms with Crippen LogP contribution in [0.15, 0.2) is 22.6 Å². The smallest absolute Gasteiger partial charge is 0.420 e. The van der Waals surface area contributed by atoms with Crippen molar-refractivity contribution >= 4 is 17.0 Å². The highest BCUT2D eigenvalue weighted by molar-refractivity contribution is 5.83.